The van der Waals surface area contributed by atoms with Crippen LogP contribution in [-0.4, -0.2) is 46.1 Å². The van der Waals surface area contributed by atoms with Gasteiger partial charge in [-0.15, -0.1) is 0 Å². The van der Waals surface area contributed by atoms with Crippen LogP contribution in [0.15, 0.2) is 30.9 Å². The van der Waals surface area contributed by atoms with Crippen molar-refractivity contribution in [1.29, 1.82) is 5.26 Å². The standard InChI is InChI=1S/C20H21N7/c1-13-6-18(23-8-15(13)7-21)27-9-14-3-5-26(10-16(14)11-27)20-17-2-4-22-19(17)24-12-25-20/h2,4,6,8,12,14,16H,3,5,9-11H2,1H3,(H,22,24,25)/t14?,16-/m0/s1. The van der Waals surface area contributed by atoms with Crippen molar-refractivity contribution in [1.82, 2.24) is 19.9 Å². The van der Waals surface area contributed by atoms with Crippen LogP contribution in [0.4, 0.5) is 11.6 Å². The van der Waals surface area contributed by atoms with E-state index in [1.54, 1.807) is 12.5 Å². The van der Waals surface area contributed by atoms with Crippen LogP contribution in [0.5, 0.6) is 0 Å². The van der Waals surface area contributed by atoms with E-state index >= 15 is 0 Å². The second kappa shape index (κ2) is 6.23. The topological polar surface area (TPSA) is 84.7 Å². The van der Waals surface area contributed by atoms with Gasteiger partial charge < -0.3 is 14.8 Å². The van der Waals surface area contributed by atoms with Crippen molar-refractivity contribution in [3.63, 3.8) is 0 Å². The van der Waals surface area contributed by atoms with Gasteiger partial charge in [-0.1, -0.05) is 0 Å². The molecule has 2 aliphatic rings. The van der Waals surface area contributed by atoms with Crippen molar-refractivity contribution >= 4 is 22.7 Å². The number of piperidine rings is 1. The van der Waals surface area contributed by atoms with E-state index in [1.807, 2.05) is 19.2 Å². The zero-order valence-corrected chi connectivity index (χ0v) is 15.3. The summed E-state index contributed by atoms with van der Waals surface area (Å²) in [5.74, 6) is 3.30. The monoisotopic (exact) mass is 359 g/mol. The highest BCUT2D eigenvalue weighted by atomic mass is 15.3. The van der Waals surface area contributed by atoms with Gasteiger partial charge in [-0.25, -0.2) is 15.0 Å². The Morgan fingerprint density at radius 3 is 2.85 bits per heavy atom. The fourth-order valence-electron chi connectivity index (χ4n) is 4.49. The minimum absolute atomic E-state index is 0.598. The van der Waals surface area contributed by atoms with E-state index < -0.39 is 0 Å². The van der Waals surface area contributed by atoms with Crippen LogP contribution in [0.25, 0.3) is 11.0 Å². The third-order valence-electron chi connectivity index (χ3n) is 5.97. The van der Waals surface area contributed by atoms with Crippen molar-refractivity contribution in [3.05, 3.63) is 42.0 Å². The molecule has 2 fully saturated rings. The Morgan fingerprint density at radius 2 is 2.00 bits per heavy atom. The smallest absolute Gasteiger partial charge is 0.142 e. The summed E-state index contributed by atoms with van der Waals surface area (Å²) in [7, 11) is 0. The van der Waals surface area contributed by atoms with Gasteiger partial charge in [0.2, 0.25) is 0 Å². The number of fused-ring (bicyclic) bond motifs is 2. The summed E-state index contributed by atoms with van der Waals surface area (Å²) in [5.41, 5.74) is 2.54. The van der Waals surface area contributed by atoms with Crippen molar-refractivity contribution < 1.29 is 0 Å². The molecule has 3 aromatic heterocycles. The number of aromatic amines is 1. The SMILES string of the molecule is Cc1cc(N2CC3CCN(c4ncnc5[nH]ccc45)C[C@H]3C2)ncc1C#N. The summed E-state index contributed by atoms with van der Waals surface area (Å²) in [4.78, 5) is 21.3. The first-order chi connectivity index (χ1) is 13.2. The van der Waals surface area contributed by atoms with E-state index in [9.17, 15) is 0 Å². The highest BCUT2D eigenvalue weighted by molar-refractivity contribution is 5.87. The molecule has 0 bridgehead atoms. The van der Waals surface area contributed by atoms with Gasteiger partial charge >= 0.3 is 0 Å². The Balaban J connectivity index is 1.36. The molecule has 0 spiro atoms. The maximum atomic E-state index is 9.12. The van der Waals surface area contributed by atoms with E-state index in [2.05, 4.69) is 41.9 Å². The molecule has 0 aliphatic carbocycles. The van der Waals surface area contributed by atoms with Crippen LogP contribution in [0.2, 0.25) is 0 Å². The molecule has 7 nitrogen and oxygen atoms in total. The minimum Gasteiger partial charge on any atom is -0.356 e. The van der Waals surface area contributed by atoms with Gasteiger partial charge in [0.05, 0.1) is 10.9 Å². The average molecular weight is 359 g/mol. The number of rotatable bonds is 2. The van der Waals surface area contributed by atoms with Crippen molar-refractivity contribution in [2.45, 2.75) is 13.3 Å². The Hall–Kier alpha value is -3.14. The first kappa shape index (κ1) is 16.1. The van der Waals surface area contributed by atoms with Gasteiger partial charge in [0.1, 0.15) is 29.7 Å². The second-order valence-corrected chi connectivity index (χ2v) is 7.57. The number of hydrogen-bond donors (Lipinski definition) is 1. The molecule has 2 aliphatic heterocycles. The fourth-order valence-corrected chi connectivity index (χ4v) is 4.49. The third-order valence-corrected chi connectivity index (χ3v) is 5.97. The largest absolute Gasteiger partial charge is 0.356 e. The fraction of sp³-hybridized carbons (Fsp3) is 0.400. The predicted octanol–water partition coefficient (Wildman–Crippen LogP) is 2.50. The molecule has 7 heteroatoms. The number of aryl methyl sites for hydroxylation is 1. The van der Waals surface area contributed by atoms with Crippen molar-refractivity contribution in [2.75, 3.05) is 36.0 Å². The number of H-pyrrole nitrogens is 1. The van der Waals surface area contributed by atoms with Gasteiger partial charge in [0, 0.05) is 38.6 Å². The summed E-state index contributed by atoms with van der Waals surface area (Å²) >= 11 is 0. The minimum atomic E-state index is 0.598. The number of aromatic nitrogens is 4. The Morgan fingerprint density at radius 1 is 1.15 bits per heavy atom. The summed E-state index contributed by atoms with van der Waals surface area (Å²) in [6.07, 6.45) is 6.42. The molecule has 136 valence electrons. The summed E-state index contributed by atoms with van der Waals surface area (Å²) < 4.78 is 0. The van der Waals surface area contributed by atoms with Crippen molar-refractivity contribution in [3.8, 4) is 6.07 Å². The van der Waals surface area contributed by atoms with Crippen LogP contribution >= 0.6 is 0 Å². The summed E-state index contributed by atoms with van der Waals surface area (Å²) in [6.45, 7) is 6.05. The number of nitrogens with one attached hydrogen (secondary N) is 1. The lowest BCUT2D eigenvalue weighted by atomic mass is 9.88. The molecule has 5 heterocycles. The van der Waals surface area contributed by atoms with Crippen molar-refractivity contribution in [2.24, 2.45) is 11.8 Å². The van der Waals surface area contributed by atoms with Crippen LogP contribution in [0.3, 0.4) is 0 Å². The molecule has 0 aromatic carbocycles. The van der Waals surface area contributed by atoms with E-state index in [4.69, 9.17) is 5.26 Å². The molecular formula is C20H21N7. The zero-order valence-electron chi connectivity index (χ0n) is 15.3. The zero-order chi connectivity index (χ0) is 18.4. The maximum Gasteiger partial charge on any atom is 0.142 e. The van der Waals surface area contributed by atoms with E-state index in [1.165, 1.54) is 0 Å². The summed E-state index contributed by atoms with van der Waals surface area (Å²) in [6, 6.07) is 6.30. The molecule has 1 N–H and O–H groups in total. The van der Waals surface area contributed by atoms with Crippen LogP contribution in [-0.2, 0) is 0 Å². The first-order valence-electron chi connectivity index (χ1n) is 9.37. The lowest BCUT2D eigenvalue weighted by Crippen LogP contribution is -2.40. The van der Waals surface area contributed by atoms with Gasteiger partial charge in [-0.05, 0) is 42.9 Å². The van der Waals surface area contributed by atoms with Crippen LogP contribution < -0.4 is 9.80 Å². The number of pyridine rings is 1. The molecule has 0 saturated carbocycles. The van der Waals surface area contributed by atoms with E-state index in [-0.39, 0.29) is 0 Å². The number of hydrogen-bond acceptors (Lipinski definition) is 6. The van der Waals surface area contributed by atoms with E-state index in [0.29, 0.717) is 17.4 Å². The number of anilines is 2. The molecule has 3 aromatic rings. The Kier molecular flexibility index (Phi) is 3.71. The van der Waals surface area contributed by atoms with Gasteiger partial charge in [0.15, 0.2) is 0 Å². The number of nitriles is 1. The Bertz CT molecular complexity index is 1030. The van der Waals surface area contributed by atoms with Gasteiger partial charge in [-0.3, -0.25) is 0 Å². The van der Waals surface area contributed by atoms with E-state index in [0.717, 1.165) is 60.8 Å². The third kappa shape index (κ3) is 2.69. The predicted molar refractivity (Wildman–Crippen MR) is 104 cm³/mol. The van der Waals surface area contributed by atoms with Crippen LogP contribution in [0.1, 0.15) is 17.5 Å². The second-order valence-electron chi connectivity index (χ2n) is 7.57. The normalized spacial score (nSPS) is 22.1. The molecule has 0 radical (unpaired) electrons. The van der Waals surface area contributed by atoms with Gasteiger partial charge in [-0.2, -0.15) is 5.26 Å². The van der Waals surface area contributed by atoms with Gasteiger partial charge in [0.25, 0.3) is 0 Å². The molecule has 27 heavy (non-hydrogen) atoms. The molecule has 2 atom stereocenters. The van der Waals surface area contributed by atoms with Crippen LogP contribution in [0, 0.1) is 30.1 Å². The number of nitrogens with zero attached hydrogens (tertiary/aromatic N) is 6. The Labute approximate surface area is 157 Å². The highest BCUT2D eigenvalue weighted by Crippen LogP contribution is 2.36. The first-order valence-corrected chi connectivity index (χ1v) is 9.37. The lowest BCUT2D eigenvalue weighted by Gasteiger charge is -2.35. The highest BCUT2D eigenvalue weighted by Gasteiger charge is 2.38. The lowest BCUT2D eigenvalue weighted by molar-refractivity contribution is 0.348. The molecule has 5 rings (SSSR count). The quantitative estimate of drug-likeness (QED) is 0.757. The maximum absolute atomic E-state index is 9.12. The molecule has 2 saturated heterocycles. The molecular weight excluding hydrogens is 338 g/mol. The summed E-state index contributed by atoms with van der Waals surface area (Å²) in [5, 5.41) is 10.2. The molecule has 1 unspecified atom stereocenters. The average Bonchev–Trinajstić information content (AvgIpc) is 3.33. The molecule has 0 amide bonds.